The average molecular weight is 481 g/mol. The van der Waals surface area contributed by atoms with Crippen LogP contribution < -0.4 is 5.14 Å². The highest BCUT2D eigenvalue weighted by Crippen LogP contribution is 2.40. The first-order valence-electron chi connectivity index (χ1n) is 9.72. The largest absolute Gasteiger partial charge is 0.350 e. The van der Waals surface area contributed by atoms with Crippen LogP contribution in [-0.4, -0.2) is 48.7 Å². The maximum Gasteiger partial charge on any atom is 0.276 e. The minimum atomic E-state index is -3.79. The summed E-state index contributed by atoms with van der Waals surface area (Å²) in [6.45, 7) is 0.443. The third-order valence-corrected chi connectivity index (χ3v) is 7.99. The Morgan fingerprint density at radius 2 is 1.77 bits per heavy atom. The number of halogens is 2. The second-order valence-electron chi connectivity index (χ2n) is 7.71. The van der Waals surface area contributed by atoms with Gasteiger partial charge in [0.05, 0.1) is 15.6 Å². The summed E-state index contributed by atoms with van der Waals surface area (Å²) in [7, 11) is -2.05. The molecule has 1 amide bonds. The summed E-state index contributed by atoms with van der Waals surface area (Å²) in [4.78, 5) is 18.3. The first kappa shape index (κ1) is 22.1. The minimum Gasteiger partial charge on any atom is -0.350 e. The van der Waals surface area contributed by atoms with Crippen LogP contribution >= 0.6 is 23.2 Å². The van der Waals surface area contributed by atoms with E-state index in [2.05, 4.69) is 4.98 Å². The SMILES string of the molecule is CN(C(=O)c1cc2c(Cl)c(Cl)ccc2[nH]1)C1(c2ccccc2)CCN(S(N)(=O)=O)CC1. The predicted molar refractivity (Wildman–Crippen MR) is 122 cm³/mol. The van der Waals surface area contributed by atoms with E-state index >= 15 is 0 Å². The van der Waals surface area contributed by atoms with Crippen LogP contribution in [0.2, 0.25) is 10.0 Å². The van der Waals surface area contributed by atoms with Gasteiger partial charge in [0.1, 0.15) is 5.69 Å². The molecule has 7 nitrogen and oxygen atoms in total. The number of rotatable bonds is 4. The lowest BCUT2D eigenvalue weighted by Gasteiger charge is -2.47. The summed E-state index contributed by atoms with van der Waals surface area (Å²) in [5, 5.41) is 6.79. The fourth-order valence-corrected chi connectivity index (χ4v) is 5.38. The fraction of sp³-hybridized carbons (Fsp3) is 0.286. The zero-order valence-electron chi connectivity index (χ0n) is 16.8. The van der Waals surface area contributed by atoms with Gasteiger partial charge in [0, 0.05) is 31.0 Å². The Balaban J connectivity index is 1.72. The first-order valence-corrected chi connectivity index (χ1v) is 12.0. The Hall–Kier alpha value is -2.10. The quantitative estimate of drug-likeness (QED) is 0.594. The second kappa shape index (κ2) is 8.11. The number of H-pyrrole nitrogens is 1. The maximum absolute atomic E-state index is 13.5. The molecule has 0 unspecified atom stereocenters. The Morgan fingerprint density at radius 3 is 2.39 bits per heavy atom. The molecule has 0 bridgehead atoms. The molecule has 164 valence electrons. The summed E-state index contributed by atoms with van der Waals surface area (Å²) in [5.74, 6) is -0.226. The monoisotopic (exact) mass is 480 g/mol. The van der Waals surface area contributed by atoms with Crippen molar-refractivity contribution in [3.63, 3.8) is 0 Å². The molecule has 1 saturated heterocycles. The lowest BCUT2D eigenvalue weighted by atomic mass is 9.80. The summed E-state index contributed by atoms with van der Waals surface area (Å²) >= 11 is 12.4. The van der Waals surface area contributed by atoms with Crippen LogP contribution in [0.4, 0.5) is 0 Å². The van der Waals surface area contributed by atoms with E-state index in [1.54, 1.807) is 30.1 Å². The van der Waals surface area contributed by atoms with Crippen LogP contribution in [0.15, 0.2) is 48.5 Å². The molecular formula is C21H22Cl2N4O3S. The molecule has 1 aliphatic heterocycles. The Morgan fingerprint density at radius 1 is 1.13 bits per heavy atom. The van der Waals surface area contributed by atoms with Gasteiger partial charge in [0.2, 0.25) is 0 Å². The van der Waals surface area contributed by atoms with Crippen LogP contribution in [0, 0.1) is 0 Å². The number of hydrogen-bond donors (Lipinski definition) is 2. The third kappa shape index (κ3) is 3.94. The molecule has 31 heavy (non-hydrogen) atoms. The van der Waals surface area contributed by atoms with Crippen LogP contribution in [-0.2, 0) is 15.7 Å². The summed E-state index contributed by atoms with van der Waals surface area (Å²) in [6.07, 6.45) is 0.838. The molecule has 0 spiro atoms. The van der Waals surface area contributed by atoms with Gasteiger partial charge < -0.3 is 9.88 Å². The maximum atomic E-state index is 13.5. The van der Waals surface area contributed by atoms with Crippen LogP contribution in [0.25, 0.3) is 10.9 Å². The number of nitrogens with two attached hydrogens (primary N) is 1. The topological polar surface area (TPSA) is 99.5 Å². The highest BCUT2D eigenvalue weighted by atomic mass is 35.5. The van der Waals surface area contributed by atoms with E-state index in [4.69, 9.17) is 28.3 Å². The van der Waals surface area contributed by atoms with E-state index < -0.39 is 15.7 Å². The van der Waals surface area contributed by atoms with E-state index in [1.807, 2.05) is 30.3 Å². The standard InChI is InChI=1S/C21H22Cl2N4O3S/c1-26(20(28)18-13-15-17(25-18)8-7-16(22)19(15)23)21(14-5-3-2-4-6-14)9-11-27(12-10-21)31(24,29)30/h2-8,13,25H,9-12H2,1H3,(H2,24,29,30). The molecule has 3 N–H and O–H groups in total. The molecule has 1 aromatic heterocycles. The zero-order chi connectivity index (χ0) is 22.4. The molecule has 1 fully saturated rings. The molecule has 0 atom stereocenters. The van der Waals surface area contributed by atoms with Crippen molar-refractivity contribution < 1.29 is 13.2 Å². The molecular weight excluding hydrogens is 459 g/mol. The number of amides is 1. The lowest BCUT2D eigenvalue weighted by Crippen LogP contribution is -2.55. The number of fused-ring (bicyclic) bond motifs is 1. The number of aromatic amines is 1. The number of benzene rings is 2. The Kier molecular flexibility index (Phi) is 5.78. The number of hydrogen-bond acceptors (Lipinski definition) is 3. The second-order valence-corrected chi connectivity index (χ2v) is 10.0. The zero-order valence-corrected chi connectivity index (χ0v) is 19.1. The van der Waals surface area contributed by atoms with Crippen molar-refractivity contribution in [1.82, 2.24) is 14.2 Å². The Labute approximate surface area is 190 Å². The van der Waals surface area contributed by atoms with E-state index in [0.717, 1.165) is 5.56 Å². The summed E-state index contributed by atoms with van der Waals surface area (Å²) in [6, 6.07) is 14.8. The molecule has 0 aliphatic carbocycles. The number of aromatic nitrogens is 1. The molecule has 10 heteroatoms. The third-order valence-electron chi connectivity index (χ3n) is 6.09. The molecule has 2 heterocycles. The number of carbonyl (C=O) groups is 1. The van der Waals surface area contributed by atoms with Crippen molar-refractivity contribution in [2.75, 3.05) is 20.1 Å². The normalized spacial score (nSPS) is 17.0. The van der Waals surface area contributed by atoms with Crippen molar-refractivity contribution in [2.45, 2.75) is 18.4 Å². The van der Waals surface area contributed by atoms with E-state index in [9.17, 15) is 13.2 Å². The number of piperidine rings is 1. The average Bonchev–Trinajstić information content (AvgIpc) is 3.20. The molecule has 1 aliphatic rings. The van der Waals surface area contributed by atoms with Crippen molar-refractivity contribution >= 4 is 50.2 Å². The molecule has 2 aromatic carbocycles. The van der Waals surface area contributed by atoms with Gasteiger partial charge in [0.25, 0.3) is 16.1 Å². The lowest BCUT2D eigenvalue weighted by molar-refractivity contribution is 0.0378. The van der Waals surface area contributed by atoms with E-state index in [0.29, 0.717) is 39.5 Å². The highest BCUT2D eigenvalue weighted by Gasteiger charge is 2.44. The van der Waals surface area contributed by atoms with E-state index in [-0.39, 0.29) is 19.0 Å². The van der Waals surface area contributed by atoms with Gasteiger partial charge in [-0.1, -0.05) is 53.5 Å². The molecule has 4 rings (SSSR count). The highest BCUT2D eigenvalue weighted by molar-refractivity contribution is 7.86. The van der Waals surface area contributed by atoms with Gasteiger partial charge >= 0.3 is 0 Å². The molecule has 0 radical (unpaired) electrons. The smallest absolute Gasteiger partial charge is 0.276 e. The van der Waals surface area contributed by atoms with Crippen molar-refractivity contribution in [1.29, 1.82) is 0 Å². The molecule has 0 saturated carbocycles. The van der Waals surface area contributed by atoms with Crippen LogP contribution in [0.3, 0.4) is 0 Å². The van der Waals surface area contributed by atoms with Gasteiger partial charge in [-0.05, 0) is 36.6 Å². The first-order chi connectivity index (χ1) is 14.6. The number of nitrogens with one attached hydrogen (secondary N) is 1. The van der Waals surface area contributed by atoms with Gasteiger partial charge in [-0.25, -0.2) is 5.14 Å². The van der Waals surface area contributed by atoms with E-state index in [1.165, 1.54) is 4.31 Å². The van der Waals surface area contributed by atoms with Crippen molar-refractivity contribution in [2.24, 2.45) is 5.14 Å². The minimum absolute atomic E-state index is 0.222. The van der Waals surface area contributed by atoms with Gasteiger partial charge in [-0.15, -0.1) is 0 Å². The predicted octanol–water partition coefficient (Wildman–Crippen LogP) is 3.74. The number of carbonyl (C=O) groups excluding carboxylic acids is 1. The van der Waals surface area contributed by atoms with Crippen LogP contribution in [0.1, 0.15) is 28.9 Å². The van der Waals surface area contributed by atoms with Gasteiger partial charge in [0.15, 0.2) is 0 Å². The van der Waals surface area contributed by atoms with Gasteiger partial charge in [-0.3, -0.25) is 4.79 Å². The summed E-state index contributed by atoms with van der Waals surface area (Å²) in [5.41, 5.74) is 1.35. The van der Waals surface area contributed by atoms with Crippen molar-refractivity contribution in [3.8, 4) is 0 Å². The van der Waals surface area contributed by atoms with Crippen molar-refractivity contribution in [3.05, 3.63) is 69.8 Å². The van der Waals surface area contributed by atoms with Gasteiger partial charge in [-0.2, -0.15) is 12.7 Å². The number of nitrogens with zero attached hydrogens (tertiary/aromatic N) is 2. The molecule has 3 aromatic rings. The summed E-state index contributed by atoms with van der Waals surface area (Å²) < 4.78 is 24.9. The Bertz CT molecular complexity index is 1240. The fourth-order valence-electron chi connectivity index (χ4n) is 4.31. The van der Waals surface area contributed by atoms with Crippen LogP contribution in [0.5, 0.6) is 0 Å².